The van der Waals surface area contributed by atoms with E-state index in [1.165, 1.54) is 65.3 Å². The average molecular weight is 1060 g/mol. The smallest absolute Gasteiger partial charge is 0.256 e. The first kappa shape index (κ1) is 46.8. The summed E-state index contributed by atoms with van der Waals surface area (Å²) < 4.78 is 7.26. The van der Waals surface area contributed by atoms with E-state index in [-0.39, 0.29) is 13.4 Å². The van der Waals surface area contributed by atoms with Crippen LogP contribution in [0.4, 0.5) is 51.2 Å². The molecule has 16 rings (SSSR count). The van der Waals surface area contributed by atoms with Crippen LogP contribution in [0.25, 0.3) is 33.4 Å². The summed E-state index contributed by atoms with van der Waals surface area (Å²) in [6.45, 7) is -0.204. The highest BCUT2D eigenvalue weighted by Crippen LogP contribution is 2.51. The van der Waals surface area contributed by atoms with Crippen molar-refractivity contribution < 1.29 is 4.74 Å². The number of ether oxygens (including phenoxy) is 1. The Hall–Kier alpha value is -9.25. The highest BCUT2D eigenvalue weighted by atomic mass is 32.2. The molecule has 0 radical (unpaired) electrons. The molecule has 12 aromatic rings. The number of anilines is 9. The molecule has 80 heavy (non-hydrogen) atoms. The third-order valence-corrected chi connectivity index (χ3v) is 18.1. The largest absolute Gasteiger partial charge is 0.458 e. The van der Waals surface area contributed by atoms with Crippen LogP contribution < -0.4 is 57.5 Å². The minimum Gasteiger partial charge on any atom is -0.458 e. The normalized spacial score (nSPS) is 13.0. The van der Waals surface area contributed by atoms with Crippen LogP contribution in [-0.2, 0) is 0 Å². The maximum atomic E-state index is 7.26. The first-order chi connectivity index (χ1) is 39.6. The van der Waals surface area contributed by atoms with Crippen molar-refractivity contribution in [2.24, 2.45) is 0 Å². The Morgan fingerprint density at radius 1 is 0.338 bits per heavy atom. The van der Waals surface area contributed by atoms with Crippen molar-refractivity contribution in [3.05, 3.63) is 279 Å². The molecule has 0 N–H and O–H groups in total. The second kappa shape index (κ2) is 19.0. The van der Waals surface area contributed by atoms with Crippen LogP contribution in [-0.4, -0.2) is 13.4 Å². The van der Waals surface area contributed by atoms with Gasteiger partial charge in [0.2, 0.25) is 6.71 Å². The summed E-state index contributed by atoms with van der Waals surface area (Å²) in [7, 11) is 3.10. The van der Waals surface area contributed by atoms with Gasteiger partial charge in [0.15, 0.2) is 0 Å². The molecule has 0 saturated heterocycles. The van der Waals surface area contributed by atoms with E-state index in [1.807, 2.05) is 11.8 Å². The molecule has 0 fully saturated rings. The van der Waals surface area contributed by atoms with Crippen LogP contribution in [0.2, 0.25) is 0 Å². The highest BCUT2D eigenvalue weighted by Gasteiger charge is 2.47. The van der Waals surface area contributed by atoms with Gasteiger partial charge in [0.05, 0.1) is 17.1 Å². The number of hydrogen-bond donors (Lipinski definition) is 0. The van der Waals surface area contributed by atoms with Gasteiger partial charge >= 0.3 is 0 Å². The third-order valence-electron chi connectivity index (χ3n) is 16.5. The van der Waals surface area contributed by atoms with Crippen LogP contribution in [0.3, 0.4) is 0 Å². The molecule has 1 unspecified atom stereocenters. The quantitative estimate of drug-likeness (QED) is 0.111. The van der Waals surface area contributed by atoms with Crippen molar-refractivity contribution in [1.82, 2.24) is 0 Å². The standard InChI is InChI=1S/C72H48B2N3OPS/c79-67-40-22-34-55(49-27-10-3-11-28-49)72(67)77-61-38-20-17-35-56(61)73-59-45-58-62(46-68(59)80-69-42-50(41-63(77)71(69)73)47-23-6-1-7-24-47)76(60-37-19-16-33-54(60)48-25-8-2-9-26-48)64-43-53(44-66-70(64)74(58)57-36-18-21-39-65(57)78-66)75(51-29-12-4-13-30-51)52-31-14-5-15-32-52/h1-46H,79H2. The Labute approximate surface area is 474 Å². The summed E-state index contributed by atoms with van der Waals surface area (Å²) in [5.74, 6) is 1.73. The molecule has 0 amide bonds. The lowest BCUT2D eigenvalue weighted by Gasteiger charge is -2.44. The molecule has 1 atom stereocenters. The Balaban J connectivity index is 0.982. The fourth-order valence-electron chi connectivity index (χ4n) is 13.1. The summed E-state index contributed by atoms with van der Waals surface area (Å²) in [6.07, 6.45) is 0. The zero-order valence-corrected chi connectivity index (χ0v) is 45.4. The molecular formula is C72H48B2N3OPS. The van der Waals surface area contributed by atoms with Crippen LogP contribution in [0.15, 0.2) is 289 Å². The fraction of sp³-hybridized carbons (Fsp3) is 0. The van der Waals surface area contributed by atoms with Gasteiger partial charge in [0.1, 0.15) is 11.5 Å². The molecule has 0 bridgehead atoms. The molecule has 374 valence electrons. The van der Waals surface area contributed by atoms with Crippen LogP contribution >= 0.6 is 21.0 Å². The minimum atomic E-state index is -0.139. The van der Waals surface area contributed by atoms with E-state index in [1.54, 1.807) is 0 Å². The molecule has 0 saturated carbocycles. The van der Waals surface area contributed by atoms with E-state index < -0.39 is 0 Å². The molecule has 8 heteroatoms. The van der Waals surface area contributed by atoms with Crippen molar-refractivity contribution in [3.63, 3.8) is 0 Å². The van der Waals surface area contributed by atoms with Crippen molar-refractivity contribution in [2.75, 3.05) is 14.7 Å². The first-order valence-electron chi connectivity index (χ1n) is 27.3. The first-order valence-corrected chi connectivity index (χ1v) is 28.7. The molecule has 4 nitrogen and oxygen atoms in total. The molecule has 4 heterocycles. The van der Waals surface area contributed by atoms with Crippen LogP contribution in [0.1, 0.15) is 0 Å². The number of para-hydroxylation sites is 6. The van der Waals surface area contributed by atoms with Gasteiger partial charge < -0.3 is 19.4 Å². The molecular weight excluding hydrogens is 1010 g/mol. The van der Waals surface area contributed by atoms with Gasteiger partial charge in [-0.2, -0.15) is 0 Å². The lowest BCUT2D eigenvalue weighted by molar-refractivity contribution is 0.487. The van der Waals surface area contributed by atoms with Gasteiger partial charge in [-0.1, -0.05) is 223 Å². The minimum absolute atomic E-state index is 0.0654. The molecule has 4 aliphatic heterocycles. The lowest BCUT2D eigenvalue weighted by Crippen LogP contribution is -2.63. The van der Waals surface area contributed by atoms with Gasteiger partial charge in [-0.25, -0.2) is 0 Å². The van der Waals surface area contributed by atoms with Crippen molar-refractivity contribution >= 4 is 124 Å². The second-order valence-electron chi connectivity index (χ2n) is 20.9. The van der Waals surface area contributed by atoms with E-state index in [0.29, 0.717) is 0 Å². The van der Waals surface area contributed by atoms with Gasteiger partial charge in [-0.3, -0.25) is 0 Å². The van der Waals surface area contributed by atoms with Gasteiger partial charge in [-0.15, -0.1) is 9.24 Å². The zero-order chi connectivity index (χ0) is 52.8. The van der Waals surface area contributed by atoms with Crippen LogP contribution in [0, 0.1) is 0 Å². The second-order valence-corrected chi connectivity index (χ2v) is 22.6. The van der Waals surface area contributed by atoms with E-state index in [4.69, 9.17) is 4.74 Å². The van der Waals surface area contributed by atoms with Crippen LogP contribution in [0.5, 0.6) is 11.5 Å². The number of benzene rings is 12. The van der Waals surface area contributed by atoms with Crippen molar-refractivity contribution in [2.45, 2.75) is 9.79 Å². The highest BCUT2D eigenvalue weighted by molar-refractivity contribution is 8.00. The predicted molar refractivity (Wildman–Crippen MR) is 343 cm³/mol. The zero-order valence-electron chi connectivity index (χ0n) is 43.4. The van der Waals surface area contributed by atoms with E-state index in [9.17, 15) is 0 Å². The summed E-state index contributed by atoms with van der Waals surface area (Å²) >= 11 is 1.91. The predicted octanol–water partition coefficient (Wildman–Crippen LogP) is 14.8. The van der Waals surface area contributed by atoms with E-state index in [2.05, 4.69) is 303 Å². The molecule has 4 aliphatic rings. The Bertz CT molecular complexity index is 4380. The van der Waals surface area contributed by atoms with Gasteiger partial charge in [0, 0.05) is 61.1 Å². The Morgan fingerprint density at radius 3 is 1.61 bits per heavy atom. The van der Waals surface area contributed by atoms with Gasteiger partial charge in [-0.05, 0) is 122 Å². The summed E-state index contributed by atoms with van der Waals surface area (Å²) in [4.78, 5) is 9.99. The average Bonchev–Trinajstić information content (AvgIpc) is 2.70. The molecule has 12 aromatic carbocycles. The number of rotatable bonds is 8. The Kier molecular flexibility index (Phi) is 11.1. The molecule has 0 aliphatic carbocycles. The fourth-order valence-corrected chi connectivity index (χ4v) is 14.7. The SMILES string of the molecule is Pc1cccc(-c2ccccc2)c1N1c2ccccc2B2c3cc4c(cc3Sc3cc(-c5ccccc5)cc1c32)N(c1ccccc1-c1ccccc1)c1cc(N(c2ccccc2)c2ccccc2)cc2c1B4c1ccccc1O2. The van der Waals surface area contributed by atoms with E-state index >= 15 is 0 Å². The van der Waals surface area contributed by atoms with Crippen molar-refractivity contribution in [1.29, 1.82) is 0 Å². The van der Waals surface area contributed by atoms with Gasteiger partial charge in [0.25, 0.3) is 6.71 Å². The molecule has 0 aromatic heterocycles. The van der Waals surface area contributed by atoms with E-state index in [0.717, 1.165) is 78.7 Å². The molecule has 0 spiro atoms. The third kappa shape index (κ3) is 7.45. The number of fused-ring (bicyclic) bond motifs is 8. The Morgan fingerprint density at radius 2 is 0.900 bits per heavy atom. The lowest BCUT2D eigenvalue weighted by atomic mass is 9.31. The summed E-state index contributed by atoms with van der Waals surface area (Å²) in [6, 6.07) is 102. The van der Waals surface area contributed by atoms with Crippen molar-refractivity contribution in [3.8, 4) is 44.9 Å². The number of hydrogen-bond acceptors (Lipinski definition) is 5. The number of nitrogens with zero attached hydrogens (tertiary/aromatic N) is 3. The topological polar surface area (TPSA) is 19.0 Å². The monoisotopic (exact) mass is 1060 g/mol. The maximum Gasteiger partial charge on any atom is 0.256 e. The summed E-state index contributed by atoms with van der Waals surface area (Å²) in [5, 5.41) is 1.14. The summed E-state index contributed by atoms with van der Waals surface area (Å²) in [5.41, 5.74) is 24.5. The maximum absolute atomic E-state index is 7.26.